The fourth-order valence-electron chi connectivity index (χ4n) is 2.54. The van der Waals surface area contributed by atoms with E-state index in [1.807, 2.05) is 24.3 Å². The molecule has 0 aromatic heterocycles. The molecule has 1 aliphatic carbocycles. The Morgan fingerprint density at radius 1 is 1.04 bits per heavy atom. The molecule has 0 spiro atoms. The summed E-state index contributed by atoms with van der Waals surface area (Å²) in [5.74, 6) is -0.0965. The van der Waals surface area contributed by atoms with E-state index in [1.165, 1.54) is 12.1 Å². The van der Waals surface area contributed by atoms with Gasteiger partial charge in [0.25, 0.3) is 5.91 Å². The van der Waals surface area contributed by atoms with Crippen LogP contribution >= 0.6 is 0 Å². The third kappa shape index (κ3) is 5.82. The van der Waals surface area contributed by atoms with Crippen LogP contribution in [0.15, 0.2) is 48.5 Å². The van der Waals surface area contributed by atoms with Crippen molar-refractivity contribution in [3.63, 3.8) is 0 Å². The zero-order chi connectivity index (χ0) is 19.4. The van der Waals surface area contributed by atoms with Crippen molar-refractivity contribution in [2.75, 3.05) is 16.3 Å². The summed E-state index contributed by atoms with van der Waals surface area (Å²) in [7, 11) is -3.35. The van der Waals surface area contributed by atoms with Gasteiger partial charge in [-0.15, -0.1) is 0 Å². The smallest absolute Gasteiger partial charge is 0.251 e. The molecule has 0 atom stereocenters. The molecule has 0 heterocycles. The molecule has 3 N–H and O–H groups in total. The lowest BCUT2D eigenvalue weighted by Gasteiger charge is -2.09. The first-order chi connectivity index (χ1) is 12.8. The lowest BCUT2D eigenvalue weighted by molar-refractivity contribution is -0.117. The summed E-state index contributed by atoms with van der Waals surface area (Å²) in [5, 5.41) is 5.69. The number of carbonyl (C=O) groups is 2. The molecule has 1 aliphatic rings. The van der Waals surface area contributed by atoms with E-state index in [1.54, 1.807) is 12.1 Å². The fraction of sp³-hybridized carbons (Fsp3) is 0.263. The maximum absolute atomic E-state index is 12.3. The Kier molecular flexibility index (Phi) is 5.46. The Hall–Kier alpha value is -2.87. The summed E-state index contributed by atoms with van der Waals surface area (Å²) in [4.78, 5) is 24.1. The zero-order valence-electron chi connectivity index (χ0n) is 14.9. The number of hydrogen-bond acceptors (Lipinski definition) is 4. The van der Waals surface area contributed by atoms with Crippen molar-refractivity contribution in [3.8, 4) is 0 Å². The van der Waals surface area contributed by atoms with Crippen LogP contribution < -0.4 is 15.4 Å². The van der Waals surface area contributed by atoms with Crippen molar-refractivity contribution in [2.45, 2.75) is 19.4 Å². The molecule has 8 heteroatoms. The molecule has 0 saturated heterocycles. The highest BCUT2D eigenvalue weighted by Gasteiger charge is 2.29. The molecule has 2 amide bonds. The van der Waals surface area contributed by atoms with Crippen molar-refractivity contribution in [1.82, 2.24) is 5.32 Å². The predicted molar refractivity (Wildman–Crippen MR) is 104 cm³/mol. The minimum Gasteiger partial charge on any atom is -0.348 e. The highest BCUT2D eigenvalue weighted by atomic mass is 32.2. The molecular weight excluding hydrogens is 366 g/mol. The van der Waals surface area contributed by atoms with Gasteiger partial charge in [0, 0.05) is 29.4 Å². The minimum atomic E-state index is -3.35. The van der Waals surface area contributed by atoms with Gasteiger partial charge in [0.2, 0.25) is 15.9 Å². The van der Waals surface area contributed by atoms with E-state index in [0.29, 0.717) is 17.8 Å². The third-order valence-corrected chi connectivity index (χ3v) is 4.65. The number of sulfonamides is 1. The van der Waals surface area contributed by atoms with Crippen LogP contribution in [-0.2, 0) is 21.4 Å². The van der Waals surface area contributed by atoms with Crippen LogP contribution in [-0.4, -0.2) is 26.5 Å². The molecule has 142 valence electrons. The molecule has 0 unspecified atom stereocenters. The standard InChI is InChI=1S/C19H21N3O4S/c1-27(25,26)22-16-9-7-14(8-10-16)18(23)20-12-13-3-2-4-17(11-13)21-19(24)15-5-6-15/h2-4,7-11,15,22H,5-6,12H2,1H3,(H,20,23)(H,21,24). The molecule has 1 saturated carbocycles. The summed E-state index contributed by atoms with van der Waals surface area (Å²) in [6.07, 6.45) is 2.95. The van der Waals surface area contributed by atoms with Crippen LogP contribution in [0.4, 0.5) is 11.4 Å². The molecule has 0 bridgehead atoms. The molecule has 3 rings (SSSR count). The predicted octanol–water partition coefficient (Wildman–Crippen LogP) is 2.34. The van der Waals surface area contributed by atoms with Crippen LogP contribution in [0, 0.1) is 5.92 Å². The van der Waals surface area contributed by atoms with Crippen LogP contribution in [0.5, 0.6) is 0 Å². The number of nitrogens with one attached hydrogen (secondary N) is 3. The van der Waals surface area contributed by atoms with Gasteiger partial charge in [0.05, 0.1) is 6.26 Å². The summed E-state index contributed by atoms with van der Waals surface area (Å²) < 4.78 is 24.7. The number of hydrogen-bond donors (Lipinski definition) is 3. The van der Waals surface area contributed by atoms with Crippen molar-refractivity contribution in [1.29, 1.82) is 0 Å². The van der Waals surface area contributed by atoms with Gasteiger partial charge in [-0.05, 0) is 54.8 Å². The number of carbonyl (C=O) groups excluding carboxylic acids is 2. The SMILES string of the molecule is CS(=O)(=O)Nc1ccc(C(=O)NCc2cccc(NC(=O)C3CC3)c2)cc1. The second-order valence-electron chi connectivity index (χ2n) is 6.60. The Morgan fingerprint density at radius 3 is 2.37 bits per heavy atom. The van der Waals surface area contributed by atoms with Gasteiger partial charge < -0.3 is 10.6 Å². The van der Waals surface area contributed by atoms with E-state index in [-0.39, 0.29) is 17.7 Å². The maximum atomic E-state index is 12.3. The zero-order valence-corrected chi connectivity index (χ0v) is 15.7. The van der Waals surface area contributed by atoms with Gasteiger partial charge in [-0.2, -0.15) is 0 Å². The Bertz CT molecular complexity index is 951. The van der Waals surface area contributed by atoms with Crippen molar-refractivity contribution < 1.29 is 18.0 Å². The topological polar surface area (TPSA) is 104 Å². The molecule has 27 heavy (non-hydrogen) atoms. The molecule has 2 aromatic rings. The third-order valence-electron chi connectivity index (χ3n) is 4.05. The highest BCUT2D eigenvalue weighted by molar-refractivity contribution is 7.92. The van der Waals surface area contributed by atoms with E-state index < -0.39 is 10.0 Å². The van der Waals surface area contributed by atoms with Gasteiger partial charge in [0.15, 0.2) is 0 Å². The molecule has 1 fully saturated rings. The van der Waals surface area contributed by atoms with Gasteiger partial charge in [-0.3, -0.25) is 14.3 Å². The van der Waals surface area contributed by atoms with Gasteiger partial charge in [-0.1, -0.05) is 12.1 Å². The monoisotopic (exact) mass is 387 g/mol. The van der Waals surface area contributed by atoms with Crippen molar-refractivity contribution in [2.24, 2.45) is 5.92 Å². The van der Waals surface area contributed by atoms with Crippen LogP contribution in [0.25, 0.3) is 0 Å². The summed E-state index contributed by atoms with van der Waals surface area (Å²) >= 11 is 0. The molecule has 2 aromatic carbocycles. The van der Waals surface area contributed by atoms with Crippen LogP contribution in [0.1, 0.15) is 28.8 Å². The first kappa shape index (κ1) is 18.9. The Morgan fingerprint density at radius 2 is 1.74 bits per heavy atom. The summed E-state index contributed by atoms with van der Waals surface area (Å²) in [5.41, 5.74) is 2.41. The molecule has 0 radical (unpaired) electrons. The van der Waals surface area contributed by atoms with Crippen LogP contribution in [0.2, 0.25) is 0 Å². The quantitative estimate of drug-likeness (QED) is 0.678. The van der Waals surface area contributed by atoms with E-state index in [2.05, 4.69) is 15.4 Å². The number of rotatable bonds is 7. The normalized spacial score (nSPS) is 13.7. The first-order valence-corrected chi connectivity index (χ1v) is 10.5. The first-order valence-electron chi connectivity index (χ1n) is 8.56. The van der Waals surface area contributed by atoms with Crippen molar-refractivity contribution in [3.05, 3.63) is 59.7 Å². The highest BCUT2D eigenvalue weighted by Crippen LogP contribution is 2.30. The second-order valence-corrected chi connectivity index (χ2v) is 8.35. The lowest BCUT2D eigenvalue weighted by atomic mass is 10.1. The Labute approximate surface area is 158 Å². The van der Waals surface area contributed by atoms with E-state index >= 15 is 0 Å². The minimum absolute atomic E-state index is 0.0407. The lowest BCUT2D eigenvalue weighted by Crippen LogP contribution is -2.23. The maximum Gasteiger partial charge on any atom is 0.251 e. The Balaban J connectivity index is 1.56. The molecular formula is C19H21N3O4S. The average Bonchev–Trinajstić information content (AvgIpc) is 3.44. The van der Waals surface area contributed by atoms with E-state index in [9.17, 15) is 18.0 Å². The average molecular weight is 387 g/mol. The molecule has 7 nitrogen and oxygen atoms in total. The van der Waals surface area contributed by atoms with Crippen LogP contribution in [0.3, 0.4) is 0 Å². The van der Waals surface area contributed by atoms with Gasteiger partial charge in [0.1, 0.15) is 0 Å². The van der Waals surface area contributed by atoms with Gasteiger partial charge in [-0.25, -0.2) is 8.42 Å². The fourth-order valence-corrected chi connectivity index (χ4v) is 3.10. The van der Waals surface area contributed by atoms with E-state index in [0.717, 1.165) is 30.3 Å². The summed E-state index contributed by atoms with van der Waals surface area (Å²) in [6.45, 7) is 0.315. The molecule has 0 aliphatic heterocycles. The number of amides is 2. The second kappa shape index (κ2) is 7.79. The van der Waals surface area contributed by atoms with E-state index in [4.69, 9.17) is 0 Å². The number of anilines is 2. The number of benzene rings is 2. The summed E-state index contributed by atoms with van der Waals surface area (Å²) in [6, 6.07) is 13.5. The largest absolute Gasteiger partial charge is 0.348 e. The van der Waals surface area contributed by atoms with Crippen molar-refractivity contribution >= 4 is 33.2 Å². The van der Waals surface area contributed by atoms with Gasteiger partial charge >= 0.3 is 0 Å².